The maximum absolute atomic E-state index is 13.2. The molecule has 0 atom stereocenters. The maximum Gasteiger partial charge on any atom is 0.416 e. The first-order chi connectivity index (χ1) is 15.0. The minimum atomic E-state index is -4.42. The second-order valence-electron chi connectivity index (χ2n) is 9.36. The number of nitrogens with one attached hydrogen (secondary N) is 2. The molecule has 1 saturated carbocycles. The topological polar surface area (TPSA) is 93.7 Å². The molecule has 172 valence electrons. The van der Waals surface area contributed by atoms with Crippen molar-refractivity contribution in [3.63, 3.8) is 0 Å². The molecule has 0 radical (unpaired) electrons. The van der Waals surface area contributed by atoms with Crippen LogP contribution in [0, 0.1) is 0 Å². The van der Waals surface area contributed by atoms with Crippen LogP contribution in [0.3, 0.4) is 0 Å². The molecule has 7 nitrogen and oxygen atoms in total. The Balaban J connectivity index is 1.76. The van der Waals surface area contributed by atoms with Gasteiger partial charge in [0.25, 0.3) is 0 Å². The van der Waals surface area contributed by atoms with E-state index in [9.17, 15) is 13.2 Å². The lowest BCUT2D eigenvalue weighted by Crippen LogP contribution is -2.29. The summed E-state index contributed by atoms with van der Waals surface area (Å²) in [4.78, 5) is 13.7. The minimum Gasteiger partial charge on any atom is -0.350 e. The number of imidazole rings is 1. The normalized spacial score (nSPS) is 19.8. The van der Waals surface area contributed by atoms with E-state index in [-0.39, 0.29) is 17.6 Å². The molecule has 1 aromatic carbocycles. The van der Waals surface area contributed by atoms with E-state index in [4.69, 9.17) is 10.7 Å². The van der Waals surface area contributed by atoms with E-state index >= 15 is 0 Å². The largest absolute Gasteiger partial charge is 0.416 e. The Bertz CT molecular complexity index is 1090. The zero-order valence-corrected chi connectivity index (χ0v) is 18.4. The quantitative estimate of drug-likeness (QED) is 0.506. The van der Waals surface area contributed by atoms with Crippen LogP contribution in [0.15, 0.2) is 30.5 Å². The molecule has 0 spiro atoms. The summed E-state index contributed by atoms with van der Waals surface area (Å²) in [6, 6.07) is 5.35. The smallest absolute Gasteiger partial charge is 0.350 e. The summed E-state index contributed by atoms with van der Waals surface area (Å²) in [5.41, 5.74) is 6.68. The van der Waals surface area contributed by atoms with E-state index in [1.54, 1.807) is 12.3 Å². The molecule has 4 rings (SSSR count). The third kappa shape index (κ3) is 4.95. The van der Waals surface area contributed by atoms with Gasteiger partial charge in [0.2, 0.25) is 11.9 Å². The summed E-state index contributed by atoms with van der Waals surface area (Å²) in [7, 11) is 0. The molecule has 1 fully saturated rings. The van der Waals surface area contributed by atoms with Crippen LogP contribution < -0.4 is 16.4 Å². The average Bonchev–Trinajstić information content (AvgIpc) is 3.04. The number of halogens is 3. The maximum atomic E-state index is 13.2. The molecule has 1 aliphatic carbocycles. The average molecular weight is 448 g/mol. The Morgan fingerprint density at radius 3 is 2.44 bits per heavy atom. The summed E-state index contributed by atoms with van der Waals surface area (Å²) in [6.45, 7) is 6.04. The van der Waals surface area contributed by atoms with E-state index in [1.807, 2.05) is 25.3 Å². The number of fused-ring (bicyclic) bond motifs is 1. The molecule has 32 heavy (non-hydrogen) atoms. The van der Waals surface area contributed by atoms with Gasteiger partial charge in [0.05, 0.1) is 11.8 Å². The highest BCUT2D eigenvalue weighted by molar-refractivity contribution is 5.76. The number of nitrogens with zero attached hydrogens (tertiary/aromatic N) is 4. The number of anilines is 3. The lowest BCUT2D eigenvalue weighted by atomic mass is 9.91. The monoisotopic (exact) mass is 447 g/mol. The van der Waals surface area contributed by atoms with Crippen LogP contribution in [0.4, 0.5) is 30.8 Å². The molecule has 0 bridgehead atoms. The van der Waals surface area contributed by atoms with Crippen LogP contribution in [0.25, 0.3) is 11.2 Å². The zero-order chi connectivity index (χ0) is 23.1. The lowest BCUT2D eigenvalue weighted by Gasteiger charge is -2.28. The van der Waals surface area contributed by atoms with Crippen LogP contribution in [0.2, 0.25) is 0 Å². The van der Waals surface area contributed by atoms with Crippen molar-refractivity contribution in [3.8, 4) is 0 Å². The molecule has 10 heteroatoms. The van der Waals surface area contributed by atoms with Crippen LogP contribution in [0.5, 0.6) is 0 Å². The number of alkyl halides is 3. The summed E-state index contributed by atoms with van der Waals surface area (Å²) >= 11 is 0. The predicted molar refractivity (Wildman–Crippen MR) is 119 cm³/mol. The molecule has 4 N–H and O–H groups in total. The third-order valence-electron chi connectivity index (χ3n) is 5.47. The van der Waals surface area contributed by atoms with Gasteiger partial charge in [-0.05, 0) is 64.7 Å². The van der Waals surface area contributed by atoms with Crippen molar-refractivity contribution in [2.75, 3.05) is 10.6 Å². The van der Waals surface area contributed by atoms with Gasteiger partial charge in [0.1, 0.15) is 5.52 Å². The molecule has 0 aliphatic heterocycles. The van der Waals surface area contributed by atoms with E-state index in [0.717, 1.165) is 37.8 Å². The van der Waals surface area contributed by atoms with Crippen molar-refractivity contribution < 1.29 is 13.2 Å². The minimum absolute atomic E-state index is 0.0884. The third-order valence-corrected chi connectivity index (χ3v) is 5.47. The van der Waals surface area contributed by atoms with Crippen LogP contribution in [-0.2, 0) is 6.18 Å². The van der Waals surface area contributed by atoms with Gasteiger partial charge in [0, 0.05) is 23.3 Å². The Hall–Kier alpha value is -2.88. The van der Waals surface area contributed by atoms with Gasteiger partial charge in [-0.2, -0.15) is 18.2 Å². The van der Waals surface area contributed by atoms with Gasteiger partial charge in [-0.25, -0.2) is 9.97 Å². The summed E-state index contributed by atoms with van der Waals surface area (Å²) < 4.78 is 41.5. The van der Waals surface area contributed by atoms with Gasteiger partial charge in [-0.15, -0.1) is 0 Å². The van der Waals surface area contributed by atoms with E-state index in [0.29, 0.717) is 28.7 Å². The number of nitrogens with two attached hydrogens (primary N) is 1. The first-order valence-corrected chi connectivity index (χ1v) is 10.7. The SMILES string of the molecule is CC(C)(C)Nc1ncc2nc(Nc3cccc(C(F)(F)F)c3)n([C@H]3CC[C@@H](N)CC3)c2n1. The van der Waals surface area contributed by atoms with Crippen molar-refractivity contribution in [3.05, 3.63) is 36.0 Å². The van der Waals surface area contributed by atoms with Gasteiger partial charge in [-0.1, -0.05) is 6.07 Å². The summed E-state index contributed by atoms with van der Waals surface area (Å²) in [5, 5.41) is 6.35. The van der Waals surface area contributed by atoms with Gasteiger partial charge < -0.3 is 16.4 Å². The lowest BCUT2D eigenvalue weighted by molar-refractivity contribution is -0.137. The summed E-state index contributed by atoms with van der Waals surface area (Å²) in [6.07, 6.45) is 0.637. The molecule has 2 aromatic heterocycles. The first kappa shape index (κ1) is 22.3. The zero-order valence-electron chi connectivity index (χ0n) is 18.4. The van der Waals surface area contributed by atoms with Crippen molar-refractivity contribution >= 4 is 28.7 Å². The van der Waals surface area contributed by atoms with Crippen molar-refractivity contribution in [1.29, 1.82) is 0 Å². The number of hydrogen-bond acceptors (Lipinski definition) is 6. The molecule has 1 aliphatic rings. The van der Waals surface area contributed by atoms with E-state index < -0.39 is 11.7 Å². The van der Waals surface area contributed by atoms with Crippen molar-refractivity contribution in [2.45, 2.75) is 70.3 Å². The molecule has 0 unspecified atom stereocenters. The fourth-order valence-electron chi connectivity index (χ4n) is 3.98. The molecule has 0 amide bonds. The highest BCUT2D eigenvalue weighted by Crippen LogP contribution is 2.36. The van der Waals surface area contributed by atoms with Crippen LogP contribution in [-0.4, -0.2) is 31.1 Å². The highest BCUT2D eigenvalue weighted by atomic mass is 19.4. The fraction of sp³-hybridized carbons (Fsp3) is 0.500. The number of hydrogen-bond donors (Lipinski definition) is 3. The van der Waals surface area contributed by atoms with Gasteiger partial charge in [-0.3, -0.25) is 4.57 Å². The fourth-order valence-corrected chi connectivity index (χ4v) is 3.98. The predicted octanol–water partition coefficient (Wildman–Crippen LogP) is 5.24. The number of aromatic nitrogens is 4. The Kier molecular flexibility index (Phi) is 5.74. The van der Waals surface area contributed by atoms with E-state index in [2.05, 4.69) is 20.6 Å². The van der Waals surface area contributed by atoms with E-state index in [1.165, 1.54) is 6.07 Å². The molecular formula is C22H28F3N7. The standard InChI is InChI=1S/C22H28F3N7/c1-21(2,3)31-19-27-12-17-18(30-19)32(16-9-7-14(26)8-10-16)20(29-17)28-15-6-4-5-13(11-15)22(23,24)25/h4-6,11-12,14,16H,7-10,26H2,1-3H3,(H,28,29)(H,27,30,31)/t14-,16+. The number of benzene rings is 1. The Morgan fingerprint density at radius 2 is 1.78 bits per heavy atom. The van der Waals surface area contributed by atoms with Crippen molar-refractivity contribution in [2.24, 2.45) is 5.73 Å². The molecule has 2 heterocycles. The van der Waals surface area contributed by atoms with Crippen molar-refractivity contribution in [1.82, 2.24) is 19.5 Å². The number of rotatable bonds is 4. The molecular weight excluding hydrogens is 419 g/mol. The molecule has 0 saturated heterocycles. The summed E-state index contributed by atoms with van der Waals surface area (Å²) in [5.74, 6) is 0.922. The Labute approximate surface area is 184 Å². The highest BCUT2D eigenvalue weighted by Gasteiger charge is 2.31. The van der Waals surface area contributed by atoms with Gasteiger partial charge in [0.15, 0.2) is 5.65 Å². The molecule has 3 aromatic rings. The second kappa shape index (κ2) is 8.23. The first-order valence-electron chi connectivity index (χ1n) is 10.7. The van der Waals surface area contributed by atoms with Crippen LogP contribution >= 0.6 is 0 Å². The Morgan fingerprint density at radius 1 is 1.06 bits per heavy atom. The van der Waals surface area contributed by atoms with Crippen LogP contribution in [0.1, 0.15) is 58.1 Å². The van der Waals surface area contributed by atoms with Gasteiger partial charge >= 0.3 is 6.18 Å². The second-order valence-corrected chi connectivity index (χ2v) is 9.36.